The SMILES string of the molecule is Cc1ccc([C@@H]2N[C@@H]2c2ccccn2)cc1. The quantitative estimate of drug-likeness (QED) is 0.773. The summed E-state index contributed by atoms with van der Waals surface area (Å²) in [6.45, 7) is 2.11. The molecule has 1 aliphatic rings. The number of hydrogen-bond donors (Lipinski definition) is 1. The molecule has 1 aromatic heterocycles. The van der Waals surface area contributed by atoms with Crippen LogP contribution in [0.15, 0.2) is 48.7 Å². The van der Waals surface area contributed by atoms with E-state index in [0.717, 1.165) is 5.69 Å². The zero-order chi connectivity index (χ0) is 11.0. The van der Waals surface area contributed by atoms with E-state index in [0.29, 0.717) is 12.1 Å². The molecular weight excluding hydrogens is 196 g/mol. The Hall–Kier alpha value is -1.67. The standard InChI is InChI=1S/C14H14N2/c1-10-5-7-11(8-6-10)13-14(16-13)12-4-2-3-9-15-12/h2-9,13-14,16H,1H3/t13-,14+/m0/s1. The molecule has 16 heavy (non-hydrogen) atoms. The molecule has 2 atom stereocenters. The molecule has 3 rings (SSSR count). The van der Waals surface area contributed by atoms with Crippen LogP contribution in [0.2, 0.25) is 0 Å². The van der Waals surface area contributed by atoms with Crippen molar-refractivity contribution in [1.82, 2.24) is 10.3 Å². The number of rotatable bonds is 2. The normalized spacial score (nSPS) is 23.1. The van der Waals surface area contributed by atoms with Crippen LogP contribution in [0.1, 0.15) is 28.9 Å². The zero-order valence-electron chi connectivity index (χ0n) is 9.22. The van der Waals surface area contributed by atoms with E-state index in [-0.39, 0.29) is 0 Å². The van der Waals surface area contributed by atoms with Gasteiger partial charge in [-0.2, -0.15) is 0 Å². The molecule has 2 heteroatoms. The molecule has 0 unspecified atom stereocenters. The van der Waals surface area contributed by atoms with E-state index < -0.39 is 0 Å². The van der Waals surface area contributed by atoms with Crippen molar-refractivity contribution in [2.45, 2.75) is 19.0 Å². The Morgan fingerprint density at radius 3 is 2.50 bits per heavy atom. The van der Waals surface area contributed by atoms with Gasteiger partial charge in [0.05, 0.1) is 17.8 Å². The summed E-state index contributed by atoms with van der Waals surface area (Å²) < 4.78 is 0. The van der Waals surface area contributed by atoms with Crippen LogP contribution in [-0.2, 0) is 0 Å². The molecule has 1 aromatic carbocycles. The maximum atomic E-state index is 4.37. The lowest BCUT2D eigenvalue weighted by molar-refractivity contribution is 0.962. The molecule has 0 spiro atoms. The van der Waals surface area contributed by atoms with Crippen LogP contribution < -0.4 is 5.32 Å². The van der Waals surface area contributed by atoms with Gasteiger partial charge in [0.25, 0.3) is 0 Å². The first-order valence-corrected chi connectivity index (χ1v) is 5.58. The monoisotopic (exact) mass is 210 g/mol. The Kier molecular flexibility index (Phi) is 2.22. The number of nitrogens with one attached hydrogen (secondary N) is 1. The van der Waals surface area contributed by atoms with Gasteiger partial charge in [0, 0.05) is 6.20 Å². The minimum absolute atomic E-state index is 0.393. The van der Waals surface area contributed by atoms with Gasteiger partial charge in [-0.1, -0.05) is 35.9 Å². The molecule has 2 nitrogen and oxygen atoms in total. The summed E-state index contributed by atoms with van der Waals surface area (Å²) in [6, 6.07) is 15.6. The average Bonchev–Trinajstić information content (AvgIpc) is 3.11. The van der Waals surface area contributed by atoms with Gasteiger partial charge in [0.1, 0.15) is 0 Å². The minimum atomic E-state index is 0.393. The summed E-state index contributed by atoms with van der Waals surface area (Å²) in [7, 11) is 0. The number of aryl methyl sites for hydroxylation is 1. The molecule has 0 aliphatic carbocycles. The molecule has 1 fully saturated rings. The molecule has 1 saturated heterocycles. The van der Waals surface area contributed by atoms with Crippen molar-refractivity contribution < 1.29 is 0 Å². The summed E-state index contributed by atoms with van der Waals surface area (Å²) in [5.74, 6) is 0. The molecular formula is C14H14N2. The predicted molar refractivity (Wildman–Crippen MR) is 64.0 cm³/mol. The first-order chi connectivity index (χ1) is 7.84. The van der Waals surface area contributed by atoms with Gasteiger partial charge in [0.15, 0.2) is 0 Å². The number of aromatic nitrogens is 1. The van der Waals surface area contributed by atoms with Crippen molar-refractivity contribution in [1.29, 1.82) is 0 Å². The van der Waals surface area contributed by atoms with Gasteiger partial charge in [-0.05, 0) is 24.6 Å². The van der Waals surface area contributed by atoms with E-state index in [1.54, 1.807) is 0 Å². The highest BCUT2D eigenvalue weighted by Crippen LogP contribution is 2.41. The third-order valence-electron chi connectivity index (χ3n) is 3.03. The van der Waals surface area contributed by atoms with Crippen LogP contribution in [-0.4, -0.2) is 4.98 Å². The highest BCUT2D eigenvalue weighted by atomic mass is 15.2. The second-order valence-corrected chi connectivity index (χ2v) is 4.29. The number of nitrogens with zero attached hydrogens (tertiary/aromatic N) is 1. The summed E-state index contributed by atoms with van der Waals surface area (Å²) >= 11 is 0. The zero-order valence-corrected chi connectivity index (χ0v) is 9.22. The maximum Gasteiger partial charge on any atom is 0.0698 e. The van der Waals surface area contributed by atoms with Crippen LogP contribution >= 0.6 is 0 Å². The van der Waals surface area contributed by atoms with Gasteiger partial charge in [-0.3, -0.25) is 10.3 Å². The van der Waals surface area contributed by atoms with Gasteiger partial charge in [-0.25, -0.2) is 0 Å². The van der Waals surface area contributed by atoms with Gasteiger partial charge < -0.3 is 0 Å². The van der Waals surface area contributed by atoms with E-state index in [1.807, 2.05) is 18.3 Å². The van der Waals surface area contributed by atoms with E-state index in [1.165, 1.54) is 11.1 Å². The summed E-state index contributed by atoms with van der Waals surface area (Å²) in [5.41, 5.74) is 3.79. The first-order valence-electron chi connectivity index (χ1n) is 5.58. The van der Waals surface area contributed by atoms with E-state index in [4.69, 9.17) is 0 Å². The second-order valence-electron chi connectivity index (χ2n) is 4.29. The van der Waals surface area contributed by atoms with Crippen molar-refractivity contribution in [2.24, 2.45) is 0 Å². The lowest BCUT2D eigenvalue weighted by Crippen LogP contribution is -1.87. The van der Waals surface area contributed by atoms with Gasteiger partial charge in [0.2, 0.25) is 0 Å². The fourth-order valence-electron chi connectivity index (χ4n) is 2.02. The number of pyridine rings is 1. The van der Waals surface area contributed by atoms with Gasteiger partial charge >= 0.3 is 0 Å². The molecule has 2 heterocycles. The Bertz CT molecular complexity index is 476. The van der Waals surface area contributed by atoms with E-state index >= 15 is 0 Å². The minimum Gasteiger partial charge on any atom is -0.298 e. The van der Waals surface area contributed by atoms with Gasteiger partial charge in [-0.15, -0.1) is 0 Å². The lowest BCUT2D eigenvalue weighted by atomic mass is 10.1. The highest BCUT2D eigenvalue weighted by Gasteiger charge is 2.39. The Morgan fingerprint density at radius 2 is 1.81 bits per heavy atom. The van der Waals surface area contributed by atoms with Crippen LogP contribution in [0.5, 0.6) is 0 Å². The van der Waals surface area contributed by atoms with Crippen LogP contribution in [0, 0.1) is 6.92 Å². The molecule has 1 N–H and O–H groups in total. The van der Waals surface area contributed by atoms with Crippen molar-refractivity contribution in [3.8, 4) is 0 Å². The molecule has 0 bridgehead atoms. The predicted octanol–water partition coefficient (Wildman–Crippen LogP) is 2.78. The van der Waals surface area contributed by atoms with E-state index in [2.05, 4.69) is 47.6 Å². The Labute approximate surface area is 95.3 Å². The van der Waals surface area contributed by atoms with Crippen LogP contribution in [0.25, 0.3) is 0 Å². The molecule has 0 radical (unpaired) electrons. The topological polar surface area (TPSA) is 34.8 Å². The van der Waals surface area contributed by atoms with E-state index in [9.17, 15) is 0 Å². The molecule has 2 aromatic rings. The Balaban J connectivity index is 1.79. The summed E-state index contributed by atoms with van der Waals surface area (Å²) in [5, 5.41) is 3.46. The summed E-state index contributed by atoms with van der Waals surface area (Å²) in [6.07, 6.45) is 1.85. The number of hydrogen-bond acceptors (Lipinski definition) is 2. The first kappa shape index (κ1) is 9.55. The van der Waals surface area contributed by atoms with Crippen molar-refractivity contribution in [2.75, 3.05) is 0 Å². The summed E-state index contributed by atoms with van der Waals surface area (Å²) in [4.78, 5) is 4.37. The van der Waals surface area contributed by atoms with Crippen molar-refractivity contribution >= 4 is 0 Å². The molecule has 1 aliphatic heterocycles. The third-order valence-corrected chi connectivity index (χ3v) is 3.03. The Morgan fingerprint density at radius 1 is 1.00 bits per heavy atom. The molecule has 0 amide bonds. The van der Waals surface area contributed by atoms with Crippen molar-refractivity contribution in [3.05, 3.63) is 65.5 Å². The van der Waals surface area contributed by atoms with Crippen LogP contribution in [0.3, 0.4) is 0 Å². The molecule has 80 valence electrons. The molecule has 0 saturated carbocycles. The second kappa shape index (κ2) is 3.72. The van der Waals surface area contributed by atoms with Crippen molar-refractivity contribution in [3.63, 3.8) is 0 Å². The lowest BCUT2D eigenvalue weighted by Gasteiger charge is -1.99. The maximum absolute atomic E-state index is 4.37. The fraction of sp³-hybridized carbons (Fsp3) is 0.214. The smallest absolute Gasteiger partial charge is 0.0698 e. The largest absolute Gasteiger partial charge is 0.298 e. The van der Waals surface area contributed by atoms with Crippen LogP contribution in [0.4, 0.5) is 0 Å². The average molecular weight is 210 g/mol. The third kappa shape index (κ3) is 1.72. The number of benzene rings is 1. The highest BCUT2D eigenvalue weighted by molar-refractivity contribution is 5.32. The fourth-order valence-corrected chi connectivity index (χ4v) is 2.02.